The summed E-state index contributed by atoms with van der Waals surface area (Å²) in [7, 11) is 0. The van der Waals surface area contributed by atoms with Gasteiger partial charge in [-0.1, -0.05) is 24.3 Å². The van der Waals surface area contributed by atoms with Crippen LogP contribution in [0.5, 0.6) is 0 Å². The first-order valence-corrected chi connectivity index (χ1v) is 8.83. The van der Waals surface area contributed by atoms with E-state index in [2.05, 4.69) is 16.0 Å². The zero-order chi connectivity index (χ0) is 19.2. The minimum absolute atomic E-state index is 0.130. The van der Waals surface area contributed by atoms with Crippen LogP contribution in [-0.4, -0.2) is 37.5 Å². The summed E-state index contributed by atoms with van der Waals surface area (Å²) in [5.41, 5.74) is 1.12. The second-order valence-corrected chi connectivity index (χ2v) is 6.50. The van der Waals surface area contributed by atoms with E-state index in [-0.39, 0.29) is 30.3 Å². The highest BCUT2D eigenvalue weighted by Gasteiger charge is 2.28. The molecule has 2 amide bonds. The number of piperidine rings is 1. The number of benzene rings is 2. The second-order valence-electron chi connectivity index (χ2n) is 6.50. The number of amides is 2. The number of carbonyl (C=O) groups excluding carboxylic acids is 2. The van der Waals surface area contributed by atoms with Crippen molar-refractivity contribution in [1.29, 1.82) is 0 Å². The molecule has 0 radical (unpaired) electrons. The number of hydrogen-bond donors (Lipinski definition) is 3. The SMILES string of the molecule is O=C(CNC(=O)c1ccccc1)NC1CNCCC1c1ccc(F)c(F)c1. The first kappa shape index (κ1) is 19.0. The number of hydrogen-bond acceptors (Lipinski definition) is 3. The molecule has 142 valence electrons. The van der Waals surface area contributed by atoms with E-state index in [1.54, 1.807) is 36.4 Å². The predicted octanol–water partition coefficient (Wildman–Crippen LogP) is 1.96. The standard InChI is InChI=1S/C20H21F2N3O2/c21-16-7-6-14(10-17(16)22)15-8-9-23-11-18(15)25-19(26)12-24-20(27)13-4-2-1-3-5-13/h1-7,10,15,18,23H,8-9,11-12H2,(H,24,27)(H,25,26). The van der Waals surface area contributed by atoms with E-state index in [4.69, 9.17) is 0 Å². The fraction of sp³-hybridized carbons (Fsp3) is 0.300. The van der Waals surface area contributed by atoms with Crippen molar-refractivity contribution in [3.8, 4) is 0 Å². The summed E-state index contributed by atoms with van der Waals surface area (Å²) in [4.78, 5) is 24.3. The minimum atomic E-state index is -0.897. The maximum absolute atomic E-state index is 13.6. The van der Waals surface area contributed by atoms with Crippen LogP contribution in [0.3, 0.4) is 0 Å². The van der Waals surface area contributed by atoms with Gasteiger partial charge < -0.3 is 16.0 Å². The maximum atomic E-state index is 13.6. The number of carbonyl (C=O) groups is 2. The molecular weight excluding hydrogens is 352 g/mol. The van der Waals surface area contributed by atoms with Crippen molar-refractivity contribution in [2.45, 2.75) is 18.4 Å². The van der Waals surface area contributed by atoms with Crippen LogP contribution in [0.1, 0.15) is 28.3 Å². The molecule has 0 saturated carbocycles. The normalized spacial score (nSPS) is 19.3. The summed E-state index contributed by atoms with van der Waals surface area (Å²) in [6, 6.07) is 12.2. The average molecular weight is 373 g/mol. The number of nitrogens with one attached hydrogen (secondary N) is 3. The van der Waals surface area contributed by atoms with Crippen LogP contribution in [0, 0.1) is 11.6 Å². The van der Waals surface area contributed by atoms with Crippen LogP contribution < -0.4 is 16.0 Å². The molecule has 0 bridgehead atoms. The van der Waals surface area contributed by atoms with Gasteiger partial charge in [0.05, 0.1) is 6.54 Å². The van der Waals surface area contributed by atoms with Gasteiger partial charge >= 0.3 is 0 Å². The van der Waals surface area contributed by atoms with Gasteiger partial charge in [-0.3, -0.25) is 9.59 Å². The van der Waals surface area contributed by atoms with E-state index in [1.165, 1.54) is 6.07 Å². The Morgan fingerprint density at radius 3 is 2.59 bits per heavy atom. The van der Waals surface area contributed by atoms with E-state index < -0.39 is 11.6 Å². The predicted molar refractivity (Wildman–Crippen MR) is 97.3 cm³/mol. The molecule has 27 heavy (non-hydrogen) atoms. The van der Waals surface area contributed by atoms with Crippen LogP contribution in [0.2, 0.25) is 0 Å². The van der Waals surface area contributed by atoms with Crippen LogP contribution in [0.15, 0.2) is 48.5 Å². The molecule has 1 heterocycles. The zero-order valence-electron chi connectivity index (χ0n) is 14.7. The van der Waals surface area contributed by atoms with Gasteiger partial charge in [-0.15, -0.1) is 0 Å². The third kappa shape index (κ3) is 4.89. The Labute approximate surface area is 156 Å². The fourth-order valence-corrected chi connectivity index (χ4v) is 3.26. The van der Waals surface area contributed by atoms with E-state index in [0.29, 0.717) is 24.1 Å². The summed E-state index contributed by atoms with van der Waals surface area (Å²) in [6.45, 7) is 1.08. The van der Waals surface area contributed by atoms with Gasteiger partial charge in [-0.2, -0.15) is 0 Å². The van der Waals surface area contributed by atoms with E-state index in [9.17, 15) is 18.4 Å². The Bertz CT molecular complexity index is 814. The van der Waals surface area contributed by atoms with Gasteiger partial charge in [0.15, 0.2) is 11.6 Å². The molecule has 0 aromatic heterocycles. The quantitative estimate of drug-likeness (QED) is 0.750. The average Bonchev–Trinajstić information content (AvgIpc) is 2.69. The van der Waals surface area contributed by atoms with E-state index in [1.807, 2.05) is 0 Å². The number of halogens is 2. The summed E-state index contributed by atoms with van der Waals surface area (Å²) in [5, 5.41) is 8.64. The second kappa shape index (κ2) is 8.73. The van der Waals surface area contributed by atoms with Gasteiger partial charge in [0.1, 0.15) is 0 Å². The molecule has 5 nitrogen and oxygen atoms in total. The minimum Gasteiger partial charge on any atom is -0.350 e. The van der Waals surface area contributed by atoms with E-state index in [0.717, 1.165) is 12.6 Å². The van der Waals surface area contributed by atoms with Gasteiger partial charge in [0, 0.05) is 24.1 Å². The van der Waals surface area contributed by atoms with Gasteiger partial charge in [-0.05, 0) is 42.8 Å². The molecule has 1 aliphatic rings. The molecule has 1 aliphatic heterocycles. The molecule has 0 spiro atoms. The molecule has 3 rings (SSSR count). The first-order chi connectivity index (χ1) is 13.0. The Balaban J connectivity index is 1.59. The van der Waals surface area contributed by atoms with Crippen molar-refractivity contribution in [2.24, 2.45) is 0 Å². The summed E-state index contributed by atoms with van der Waals surface area (Å²) in [6.07, 6.45) is 0.687. The zero-order valence-corrected chi connectivity index (χ0v) is 14.7. The van der Waals surface area contributed by atoms with Gasteiger partial charge in [-0.25, -0.2) is 8.78 Å². The van der Waals surface area contributed by atoms with Crippen molar-refractivity contribution in [3.63, 3.8) is 0 Å². The molecule has 1 fully saturated rings. The van der Waals surface area contributed by atoms with E-state index >= 15 is 0 Å². The Kier molecular flexibility index (Phi) is 6.13. The molecule has 1 saturated heterocycles. The molecule has 2 unspecified atom stereocenters. The molecule has 7 heteroatoms. The highest BCUT2D eigenvalue weighted by atomic mass is 19.2. The topological polar surface area (TPSA) is 70.2 Å². The molecule has 2 atom stereocenters. The molecule has 2 aromatic carbocycles. The highest BCUT2D eigenvalue weighted by Crippen LogP contribution is 2.26. The third-order valence-corrected chi connectivity index (χ3v) is 4.65. The Hall–Kier alpha value is -2.80. The lowest BCUT2D eigenvalue weighted by Crippen LogP contribution is -2.52. The van der Waals surface area contributed by atoms with Crippen LogP contribution >= 0.6 is 0 Å². The summed E-state index contributed by atoms with van der Waals surface area (Å²) < 4.78 is 26.8. The highest BCUT2D eigenvalue weighted by molar-refractivity contribution is 5.96. The lowest BCUT2D eigenvalue weighted by atomic mass is 9.86. The lowest BCUT2D eigenvalue weighted by Gasteiger charge is -2.33. The maximum Gasteiger partial charge on any atom is 0.251 e. The third-order valence-electron chi connectivity index (χ3n) is 4.65. The molecule has 3 N–H and O–H groups in total. The Morgan fingerprint density at radius 2 is 1.85 bits per heavy atom. The van der Waals surface area contributed by atoms with Gasteiger partial charge in [0.25, 0.3) is 5.91 Å². The first-order valence-electron chi connectivity index (χ1n) is 8.83. The summed E-state index contributed by atoms with van der Waals surface area (Å²) in [5.74, 6) is -2.58. The monoisotopic (exact) mass is 373 g/mol. The van der Waals surface area contributed by atoms with Crippen molar-refractivity contribution in [1.82, 2.24) is 16.0 Å². The van der Waals surface area contributed by atoms with Crippen molar-refractivity contribution in [3.05, 3.63) is 71.3 Å². The van der Waals surface area contributed by atoms with Gasteiger partial charge in [0.2, 0.25) is 5.91 Å². The van der Waals surface area contributed by atoms with Crippen LogP contribution in [0.4, 0.5) is 8.78 Å². The smallest absolute Gasteiger partial charge is 0.251 e. The lowest BCUT2D eigenvalue weighted by molar-refractivity contribution is -0.121. The van der Waals surface area contributed by atoms with Crippen molar-refractivity contribution >= 4 is 11.8 Å². The molecule has 0 aliphatic carbocycles. The van der Waals surface area contributed by atoms with Crippen LogP contribution in [-0.2, 0) is 4.79 Å². The summed E-state index contributed by atoms with van der Waals surface area (Å²) >= 11 is 0. The van der Waals surface area contributed by atoms with Crippen molar-refractivity contribution < 1.29 is 18.4 Å². The van der Waals surface area contributed by atoms with Crippen molar-refractivity contribution in [2.75, 3.05) is 19.6 Å². The Morgan fingerprint density at radius 1 is 1.07 bits per heavy atom. The number of rotatable bonds is 5. The molecule has 2 aromatic rings. The largest absolute Gasteiger partial charge is 0.350 e. The fourth-order valence-electron chi connectivity index (χ4n) is 3.26. The van der Waals surface area contributed by atoms with Crippen LogP contribution in [0.25, 0.3) is 0 Å². The molecular formula is C20H21F2N3O2.